The van der Waals surface area contributed by atoms with E-state index < -0.39 is 0 Å². The van der Waals surface area contributed by atoms with Crippen LogP contribution < -0.4 is 11.1 Å². The molecule has 3 nitrogen and oxygen atoms in total. The Kier molecular flexibility index (Phi) is 5.03. The summed E-state index contributed by atoms with van der Waals surface area (Å²) in [5, 5.41) is 4.50. The van der Waals surface area contributed by atoms with E-state index >= 15 is 0 Å². The molecule has 1 saturated heterocycles. The highest BCUT2D eigenvalue weighted by molar-refractivity contribution is 9.10. The fourth-order valence-electron chi connectivity index (χ4n) is 2.20. The van der Waals surface area contributed by atoms with Crippen LogP contribution in [0.15, 0.2) is 22.7 Å². The molecule has 0 spiro atoms. The van der Waals surface area contributed by atoms with Crippen LogP contribution in [0.5, 0.6) is 0 Å². The van der Waals surface area contributed by atoms with E-state index in [0.29, 0.717) is 22.4 Å². The number of halogens is 1. The van der Waals surface area contributed by atoms with Crippen LogP contribution in [0.4, 0.5) is 5.69 Å². The van der Waals surface area contributed by atoms with Gasteiger partial charge in [0.15, 0.2) is 0 Å². The maximum atomic E-state index is 12.4. The van der Waals surface area contributed by atoms with Gasteiger partial charge in [0.05, 0.1) is 5.69 Å². The number of rotatable bonds is 3. The number of nitrogen functional groups attached to an aromatic ring is 1. The average molecular weight is 403 g/mol. The van der Waals surface area contributed by atoms with Crippen molar-refractivity contribution in [3.05, 3.63) is 27.5 Å². The zero-order chi connectivity index (χ0) is 14.8. The lowest BCUT2D eigenvalue weighted by Gasteiger charge is -2.20. The first-order chi connectivity index (χ1) is 10.1. The molecular formula is C14H15BrN2OS3. The Labute approximate surface area is 144 Å². The van der Waals surface area contributed by atoms with Crippen molar-refractivity contribution in [3.8, 4) is 0 Å². The number of hydrogen-bond donors (Lipinski definition) is 2. The predicted molar refractivity (Wildman–Crippen MR) is 99.8 cm³/mol. The number of carbonyl (C=O) groups is 1. The van der Waals surface area contributed by atoms with Crippen molar-refractivity contribution < 1.29 is 4.79 Å². The highest BCUT2D eigenvalue weighted by Crippen LogP contribution is 2.35. The van der Waals surface area contributed by atoms with Crippen LogP contribution >= 0.6 is 50.8 Å². The molecule has 112 valence electrons. The molecular weight excluding hydrogens is 388 g/mol. The van der Waals surface area contributed by atoms with Crippen molar-refractivity contribution in [2.24, 2.45) is 0 Å². The highest BCUT2D eigenvalue weighted by Gasteiger charge is 2.19. The number of nitrogens with two attached hydrogens (primary N) is 1. The van der Waals surface area contributed by atoms with Crippen molar-refractivity contribution in [2.75, 3.05) is 29.5 Å². The Morgan fingerprint density at radius 2 is 2.29 bits per heavy atom. The first-order valence-electron chi connectivity index (χ1n) is 6.60. The molecule has 1 aliphatic rings. The van der Waals surface area contributed by atoms with E-state index in [1.165, 1.54) is 22.8 Å². The molecule has 1 amide bonds. The molecule has 2 aromatic rings. The van der Waals surface area contributed by atoms with Gasteiger partial charge in [-0.1, -0.05) is 22.0 Å². The SMILES string of the molecule is Nc1c(C(=O)NCC2CSCCS2)sc2cc(Br)ccc12. The molecule has 3 N–H and O–H groups in total. The minimum atomic E-state index is -0.0546. The van der Waals surface area contributed by atoms with Gasteiger partial charge in [-0.15, -0.1) is 11.3 Å². The second kappa shape index (κ2) is 6.81. The van der Waals surface area contributed by atoms with Gasteiger partial charge >= 0.3 is 0 Å². The second-order valence-corrected chi connectivity index (χ2v) is 9.29. The molecule has 7 heteroatoms. The smallest absolute Gasteiger partial charge is 0.263 e. The lowest BCUT2D eigenvalue weighted by molar-refractivity contribution is 0.0959. The summed E-state index contributed by atoms with van der Waals surface area (Å²) in [6.07, 6.45) is 0. The van der Waals surface area contributed by atoms with Crippen LogP contribution in [0.2, 0.25) is 0 Å². The van der Waals surface area contributed by atoms with E-state index in [9.17, 15) is 4.79 Å². The minimum absolute atomic E-state index is 0.0546. The van der Waals surface area contributed by atoms with Gasteiger partial charge in [0.1, 0.15) is 4.88 Å². The van der Waals surface area contributed by atoms with Crippen molar-refractivity contribution in [1.29, 1.82) is 0 Å². The predicted octanol–water partition coefficient (Wildman–Crippen LogP) is 3.82. The Morgan fingerprint density at radius 3 is 3.05 bits per heavy atom. The van der Waals surface area contributed by atoms with Gasteiger partial charge in [-0.2, -0.15) is 23.5 Å². The topological polar surface area (TPSA) is 55.1 Å². The summed E-state index contributed by atoms with van der Waals surface area (Å²) in [5.41, 5.74) is 6.71. The number of nitrogens with one attached hydrogen (secondary N) is 1. The zero-order valence-corrected chi connectivity index (χ0v) is 15.3. The van der Waals surface area contributed by atoms with Gasteiger partial charge in [-0.3, -0.25) is 4.79 Å². The van der Waals surface area contributed by atoms with Crippen LogP contribution in [0.3, 0.4) is 0 Å². The molecule has 21 heavy (non-hydrogen) atoms. The van der Waals surface area contributed by atoms with Crippen LogP contribution in [-0.4, -0.2) is 35.0 Å². The lowest BCUT2D eigenvalue weighted by atomic mass is 10.2. The summed E-state index contributed by atoms with van der Waals surface area (Å²) >= 11 is 8.80. The Morgan fingerprint density at radius 1 is 1.43 bits per heavy atom. The van der Waals surface area contributed by atoms with Gasteiger partial charge in [0, 0.05) is 43.6 Å². The molecule has 2 heterocycles. The number of benzene rings is 1. The first kappa shape index (κ1) is 15.5. The molecule has 1 atom stereocenters. The van der Waals surface area contributed by atoms with Gasteiger partial charge in [-0.25, -0.2) is 0 Å². The summed E-state index contributed by atoms with van der Waals surface area (Å²) in [7, 11) is 0. The van der Waals surface area contributed by atoms with E-state index in [1.54, 1.807) is 0 Å². The number of carbonyl (C=O) groups excluding carboxylic acids is 1. The van der Waals surface area contributed by atoms with Crippen LogP contribution in [-0.2, 0) is 0 Å². The van der Waals surface area contributed by atoms with Gasteiger partial charge in [0.25, 0.3) is 5.91 Å². The average Bonchev–Trinajstić information content (AvgIpc) is 2.82. The maximum absolute atomic E-state index is 12.4. The Balaban J connectivity index is 1.73. The Bertz CT molecular complexity index is 668. The number of fused-ring (bicyclic) bond motifs is 1. The van der Waals surface area contributed by atoms with E-state index in [2.05, 4.69) is 21.2 Å². The number of thiophene rings is 1. The maximum Gasteiger partial charge on any atom is 0.263 e. The normalized spacial score (nSPS) is 18.8. The zero-order valence-electron chi connectivity index (χ0n) is 11.2. The Hall–Kier alpha value is -0.370. The highest BCUT2D eigenvalue weighted by atomic mass is 79.9. The summed E-state index contributed by atoms with van der Waals surface area (Å²) in [4.78, 5) is 13.0. The van der Waals surface area contributed by atoms with Gasteiger partial charge in [0.2, 0.25) is 0 Å². The number of amides is 1. The molecule has 1 aromatic carbocycles. The monoisotopic (exact) mass is 402 g/mol. The van der Waals surface area contributed by atoms with Gasteiger partial charge in [-0.05, 0) is 12.1 Å². The molecule has 1 aromatic heterocycles. The molecule has 3 rings (SSSR count). The largest absolute Gasteiger partial charge is 0.397 e. The number of anilines is 1. The van der Waals surface area contributed by atoms with Crippen LogP contribution in [0.25, 0.3) is 10.1 Å². The summed E-state index contributed by atoms with van der Waals surface area (Å²) < 4.78 is 2.04. The summed E-state index contributed by atoms with van der Waals surface area (Å²) in [6, 6.07) is 5.90. The van der Waals surface area contributed by atoms with Crippen LogP contribution in [0.1, 0.15) is 9.67 Å². The minimum Gasteiger partial charge on any atom is -0.397 e. The lowest BCUT2D eigenvalue weighted by Crippen LogP contribution is -2.33. The van der Waals surface area contributed by atoms with E-state index in [-0.39, 0.29) is 5.91 Å². The number of thioether (sulfide) groups is 2. The van der Waals surface area contributed by atoms with Crippen molar-refractivity contribution in [2.45, 2.75) is 5.25 Å². The molecule has 0 aliphatic carbocycles. The molecule has 1 unspecified atom stereocenters. The van der Waals surface area contributed by atoms with Crippen LogP contribution in [0, 0.1) is 0 Å². The molecule has 1 aliphatic heterocycles. The fourth-order valence-corrected chi connectivity index (χ4v) is 6.40. The molecule has 0 bridgehead atoms. The summed E-state index contributed by atoms with van der Waals surface area (Å²) in [5.74, 6) is 3.44. The van der Waals surface area contributed by atoms with E-state index in [4.69, 9.17) is 5.73 Å². The van der Waals surface area contributed by atoms with E-state index in [0.717, 1.165) is 20.3 Å². The quantitative estimate of drug-likeness (QED) is 0.818. The standard InChI is InChI=1S/C14H15BrN2OS3/c15-8-1-2-10-11(5-8)21-13(12(10)16)14(18)17-6-9-7-19-3-4-20-9/h1-2,5,9H,3-4,6-7,16H2,(H,17,18). The fraction of sp³-hybridized carbons (Fsp3) is 0.357. The first-order valence-corrected chi connectivity index (χ1v) is 10.4. The van der Waals surface area contributed by atoms with Crippen molar-refractivity contribution in [3.63, 3.8) is 0 Å². The number of hydrogen-bond acceptors (Lipinski definition) is 5. The van der Waals surface area contributed by atoms with Gasteiger partial charge < -0.3 is 11.1 Å². The third kappa shape index (κ3) is 3.52. The summed E-state index contributed by atoms with van der Waals surface area (Å²) in [6.45, 7) is 0.716. The molecule has 1 fully saturated rings. The van der Waals surface area contributed by atoms with Crippen molar-refractivity contribution >= 4 is 72.5 Å². The third-order valence-electron chi connectivity index (χ3n) is 3.27. The molecule has 0 radical (unpaired) electrons. The van der Waals surface area contributed by atoms with Crippen molar-refractivity contribution in [1.82, 2.24) is 5.32 Å². The molecule has 0 saturated carbocycles. The van der Waals surface area contributed by atoms with E-state index in [1.807, 2.05) is 41.7 Å². The third-order valence-corrected chi connectivity index (χ3v) is 7.78. The second-order valence-electron chi connectivity index (χ2n) is 4.76.